The number of hydrogen-bond acceptors (Lipinski definition) is 5. The van der Waals surface area contributed by atoms with Crippen LogP contribution in [0.2, 0.25) is 0 Å². The van der Waals surface area contributed by atoms with Crippen LogP contribution in [-0.2, 0) is 14.1 Å². The molecule has 1 rings (SSSR count). The van der Waals surface area contributed by atoms with Crippen molar-refractivity contribution in [1.29, 1.82) is 0 Å². The number of aliphatic hydroxyl groups excluding tert-OH is 1. The number of hydrogen-bond donors (Lipinski definition) is 3. The summed E-state index contributed by atoms with van der Waals surface area (Å²) in [5.74, 6) is -3.45. The Hall–Kier alpha value is -1.69. The van der Waals surface area contributed by atoms with E-state index in [2.05, 4.69) is 4.74 Å². The second-order valence-corrected chi connectivity index (χ2v) is 6.55. The minimum atomic E-state index is -4.00. The molecule has 0 spiro atoms. The molecule has 3 N–H and O–H groups in total. The predicted molar refractivity (Wildman–Crippen MR) is 69.7 cm³/mol. The molecule has 1 aromatic rings. The number of aliphatic hydroxyl groups is 1. The van der Waals surface area contributed by atoms with E-state index in [0.29, 0.717) is 0 Å². The third-order valence-electron chi connectivity index (χ3n) is 2.70. The van der Waals surface area contributed by atoms with Gasteiger partial charge in [0.1, 0.15) is 0 Å². The molecule has 0 heterocycles. The lowest BCUT2D eigenvalue weighted by molar-refractivity contribution is -0.140. The molecule has 0 fully saturated rings. The van der Waals surface area contributed by atoms with Crippen molar-refractivity contribution in [3.63, 3.8) is 0 Å². The largest absolute Gasteiger partial charge is 0.478 e. The van der Waals surface area contributed by atoms with Gasteiger partial charge in [0.15, 0.2) is 5.85 Å². The molecule has 110 valence electrons. The molecule has 0 radical (unpaired) electrons. The number of ether oxygens (including phenoxy) is 1. The Balaban J connectivity index is 2.81. The number of rotatable bonds is 6. The third kappa shape index (κ3) is 4.16. The molecule has 0 aliphatic heterocycles. The topological polar surface area (TPSA) is 121 Å². The highest BCUT2D eigenvalue weighted by Gasteiger charge is 2.31. The van der Waals surface area contributed by atoms with Crippen molar-refractivity contribution < 1.29 is 34.0 Å². The van der Waals surface area contributed by atoms with Gasteiger partial charge >= 0.3 is 11.9 Å². The Morgan fingerprint density at radius 2 is 1.85 bits per heavy atom. The zero-order chi connectivity index (χ0) is 15.3. The first-order valence-corrected chi connectivity index (χ1v) is 7.59. The second kappa shape index (κ2) is 6.65. The average molecular weight is 302 g/mol. The van der Waals surface area contributed by atoms with Gasteiger partial charge < -0.3 is 19.8 Å². The van der Waals surface area contributed by atoms with Gasteiger partial charge in [0.2, 0.25) is 7.37 Å². The number of benzene rings is 1. The van der Waals surface area contributed by atoms with Crippen LogP contribution in [0.4, 0.5) is 0 Å². The summed E-state index contributed by atoms with van der Waals surface area (Å²) in [5.41, 5.74) is 0.119. The number of carbonyl (C=O) groups excluding carboxylic acids is 1. The Labute approximate surface area is 115 Å². The van der Waals surface area contributed by atoms with E-state index < -0.39 is 31.3 Å². The lowest BCUT2D eigenvalue weighted by atomic mass is 10.1. The zero-order valence-corrected chi connectivity index (χ0v) is 11.6. The van der Waals surface area contributed by atoms with Crippen molar-refractivity contribution >= 4 is 19.3 Å². The summed E-state index contributed by atoms with van der Waals surface area (Å²) in [6.45, 7) is 0. The van der Waals surface area contributed by atoms with Gasteiger partial charge in [-0.25, -0.2) is 4.79 Å². The van der Waals surface area contributed by atoms with Crippen LogP contribution >= 0.6 is 7.37 Å². The summed E-state index contributed by atoms with van der Waals surface area (Å²) in [7, 11) is -2.85. The van der Waals surface area contributed by atoms with E-state index in [9.17, 15) is 24.2 Å². The molecule has 7 nitrogen and oxygen atoms in total. The summed E-state index contributed by atoms with van der Waals surface area (Å²) < 4.78 is 16.3. The molecule has 0 aliphatic carbocycles. The number of carboxylic acids is 1. The average Bonchev–Trinajstić information content (AvgIpc) is 2.44. The predicted octanol–water partition coefficient (Wildman–Crippen LogP) is 1.21. The van der Waals surface area contributed by atoms with E-state index in [-0.39, 0.29) is 17.5 Å². The molecule has 0 aliphatic rings. The summed E-state index contributed by atoms with van der Waals surface area (Å²) in [4.78, 5) is 31.3. The van der Waals surface area contributed by atoms with Crippen LogP contribution in [0.1, 0.15) is 28.2 Å². The van der Waals surface area contributed by atoms with Crippen LogP contribution in [0, 0.1) is 0 Å². The highest BCUT2D eigenvalue weighted by atomic mass is 31.2. The van der Waals surface area contributed by atoms with Crippen molar-refractivity contribution in [3.8, 4) is 0 Å². The van der Waals surface area contributed by atoms with Gasteiger partial charge in [-0.05, 0) is 17.7 Å². The molecular weight excluding hydrogens is 287 g/mol. The van der Waals surface area contributed by atoms with Crippen molar-refractivity contribution in [1.82, 2.24) is 0 Å². The van der Waals surface area contributed by atoms with Crippen LogP contribution in [0.25, 0.3) is 0 Å². The molecule has 8 heteroatoms. The van der Waals surface area contributed by atoms with Crippen molar-refractivity contribution in [2.75, 3.05) is 13.3 Å². The number of carbonyl (C=O) groups is 2. The van der Waals surface area contributed by atoms with E-state index >= 15 is 0 Å². The summed E-state index contributed by atoms with van der Waals surface area (Å²) in [6.07, 6.45) is -0.698. The van der Waals surface area contributed by atoms with Crippen molar-refractivity contribution in [2.24, 2.45) is 0 Å². The molecule has 20 heavy (non-hydrogen) atoms. The molecule has 0 saturated carbocycles. The SMILES string of the molecule is COC(=O)CCP(=O)(O)C(O)c1ccc(C(=O)O)cc1. The normalized spacial score (nSPS) is 15.2. The van der Waals surface area contributed by atoms with Gasteiger partial charge in [0.05, 0.1) is 19.1 Å². The van der Waals surface area contributed by atoms with Crippen LogP contribution < -0.4 is 0 Å². The standard InChI is InChI=1S/C12H15O7P/c1-19-10(13)6-7-20(17,18)12(16)9-4-2-8(3-5-9)11(14)15/h2-5,12,16H,6-7H2,1H3,(H,14,15)(H,17,18). The Morgan fingerprint density at radius 3 is 2.30 bits per heavy atom. The van der Waals surface area contributed by atoms with E-state index in [0.717, 1.165) is 7.11 Å². The van der Waals surface area contributed by atoms with E-state index in [1.165, 1.54) is 24.3 Å². The highest BCUT2D eigenvalue weighted by Crippen LogP contribution is 2.54. The van der Waals surface area contributed by atoms with Crippen LogP contribution in [0.15, 0.2) is 24.3 Å². The van der Waals surface area contributed by atoms with Gasteiger partial charge in [-0.3, -0.25) is 9.36 Å². The second-order valence-electron chi connectivity index (χ2n) is 4.11. The number of aromatic carboxylic acids is 1. The fourth-order valence-corrected chi connectivity index (χ4v) is 2.89. The van der Waals surface area contributed by atoms with Crippen molar-refractivity contribution in [3.05, 3.63) is 35.4 Å². The number of esters is 1. The van der Waals surface area contributed by atoms with Crippen LogP contribution in [0.5, 0.6) is 0 Å². The lowest BCUT2D eigenvalue weighted by Gasteiger charge is -2.18. The molecule has 0 bridgehead atoms. The zero-order valence-electron chi connectivity index (χ0n) is 10.7. The smallest absolute Gasteiger partial charge is 0.335 e. The monoisotopic (exact) mass is 302 g/mol. The first-order valence-electron chi connectivity index (χ1n) is 5.67. The Bertz CT molecular complexity index is 537. The van der Waals surface area contributed by atoms with Crippen LogP contribution in [-0.4, -0.2) is 40.3 Å². The Morgan fingerprint density at radius 1 is 1.30 bits per heavy atom. The highest BCUT2D eigenvalue weighted by molar-refractivity contribution is 7.58. The quantitative estimate of drug-likeness (QED) is 0.533. The fourth-order valence-electron chi connectivity index (χ4n) is 1.51. The van der Waals surface area contributed by atoms with Crippen molar-refractivity contribution in [2.45, 2.75) is 12.3 Å². The van der Waals surface area contributed by atoms with Crippen LogP contribution in [0.3, 0.4) is 0 Å². The molecule has 1 aromatic carbocycles. The van der Waals surface area contributed by atoms with E-state index in [1.54, 1.807) is 0 Å². The minimum Gasteiger partial charge on any atom is -0.478 e. The summed E-state index contributed by atoms with van der Waals surface area (Å²) in [5, 5.41) is 18.6. The maximum atomic E-state index is 11.9. The molecule has 2 unspecified atom stereocenters. The molecule has 2 atom stereocenters. The molecular formula is C12H15O7P. The summed E-state index contributed by atoms with van der Waals surface area (Å²) in [6, 6.07) is 4.96. The van der Waals surface area contributed by atoms with E-state index in [4.69, 9.17) is 5.11 Å². The van der Waals surface area contributed by atoms with E-state index in [1.807, 2.05) is 0 Å². The van der Waals surface area contributed by atoms with Gasteiger partial charge in [-0.1, -0.05) is 12.1 Å². The Kier molecular flexibility index (Phi) is 5.44. The maximum Gasteiger partial charge on any atom is 0.335 e. The molecule has 0 saturated heterocycles. The molecule has 0 amide bonds. The maximum absolute atomic E-state index is 11.9. The van der Waals surface area contributed by atoms with Gasteiger partial charge in [0, 0.05) is 6.16 Å². The number of methoxy groups -OCH3 is 1. The first-order chi connectivity index (χ1) is 9.27. The first kappa shape index (κ1) is 16.4. The minimum absolute atomic E-state index is 0.00304. The van der Waals surface area contributed by atoms with Gasteiger partial charge in [-0.2, -0.15) is 0 Å². The fraction of sp³-hybridized carbons (Fsp3) is 0.333. The van der Waals surface area contributed by atoms with Gasteiger partial charge in [-0.15, -0.1) is 0 Å². The molecule has 0 aromatic heterocycles. The summed E-state index contributed by atoms with van der Waals surface area (Å²) >= 11 is 0. The van der Waals surface area contributed by atoms with Gasteiger partial charge in [0.25, 0.3) is 0 Å². The third-order valence-corrected chi connectivity index (χ3v) is 4.63. The number of carboxylic acid groups (broad SMARTS) is 1. The lowest BCUT2D eigenvalue weighted by Crippen LogP contribution is -2.08.